The number of hydrogen-bond acceptors (Lipinski definition) is 4. The number of nitrogens with one attached hydrogen (secondary N) is 1. The van der Waals surface area contributed by atoms with Gasteiger partial charge in [0.2, 0.25) is 0 Å². The molecule has 1 aliphatic rings. The number of Topliss-reactive ketones (excluding diaryl/α,β-unsaturated/α-hetero) is 1. The van der Waals surface area contributed by atoms with Gasteiger partial charge in [0.05, 0.1) is 12.5 Å². The van der Waals surface area contributed by atoms with Crippen LogP contribution in [-0.2, 0) is 32.2 Å². The molecule has 0 atom stereocenters. The van der Waals surface area contributed by atoms with E-state index in [0.29, 0.717) is 18.5 Å². The second-order valence-corrected chi connectivity index (χ2v) is 5.70. The van der Waals surface area contributed by atoms with Gasteiger partial charge in [-0.15, -0.1) is 0 Å². The topological polar surface area (TPSA) is 89.2 Å². The van der Waals surface area contributed by atoms with Crippen LogP contribution >= 0.6 is 0 Å². The Bertz CT molecular complexity index is 604. The molecule has 0 saturated heterocycles. The molecule has 0 bridgehead atoms. The van der Waals surface area contributed by atoms with Crippen LogP contribution in [0.3, 0.4) is 0 Å². The third-order valence-corrected chi connectivity index (χ3v) is 3.38. The minimum absolute atomic E-state index is 0. The minimum Gasteiger partial charge on any atom is -0.663 e. The molecule has 2 rings (SSSR count). The first-order valence-corrected chi connectivity index (χ1v) is 6.47. The zero-order valence-electron chi connectivity index (χ0n) is 12.2. The second-order valence-electron chi connectivity index (χ2n) is 5.70. The summed E-state index contributed by atoms with van der Waals surface area (Å²) in [6.45, 7) is 5.74. The van der Waals surface area contributed by atoms with Crippen LogP contribution in [0.2, 0.25) is 0 Å². The maximum atomic E-state index is 12.2. The molecule has 21 heavy (non-hydrogen) atoms. The summed E-state index contributed by atoms with van der Waals surface area (Å²) in [5, 5.41) is 0. The molecule has 1 aromatic rings. The van der Waals surface area contributed by atoms with Gasteiger partial charge in [0.25, 0.3) is 0 Å². The summed E-state index contributed by atoms with van der Waals surface area (Å²) in [6, 6.07) is 0. The van der Waals surface area contributed by atoms with Crippen LogP contribution in [0.25, 0.3) is 5.73 Å². The third-order valence-electron chi connectivity index (χ3n) is 3.38. The van der Waals surface area contributed by atoms with E-state index in [1.807, 2.05) is 13.8 Å². The van der Waals surface area contributed by atoms with Gasteiger partial charge >= 0.3 is 6.09 Å². The van der Waals surface area contributed by atoms with Crippen molar-refractivity contribution in [2.75, 3.05) is 6.61 Å². The van der Waals surface area contributed by atoms with Gasteiger partial charge in [-0.25, -0.2) is 4.79 Å². The summed E-state index contributed by atoms with van der Waals surface area (Å²) in [7, 11) is 0. The van der Waals surface area contributed by atoms with Crippen molar-refractivity contribution in [3.8, 4) is 0 Å². The fourth-order valence-corrected chi connectivity index (χ4v) is 2.60. The number of ether oxygens (including phenoxy) is 1. The number of rotatable bonds is 2. The SMILES string of the molecule is CCOC(=O)n1cc(C([NH-])=O)c2c1CC(C)(C)CC2=O.[W]. The van der Waals surface area contributed by atoms with Crippen LogP contribution in [0.5, 0.6) is 0 Å². The first-order valence-electron chi connectivity index (χ1n) is 6.47. The molecule has 0 saturated carbocycles. The van der Waals surface area contributed by atoms with E-state index in [9.17, 15) is 14.4 Å². The molecule has 0 fully saturated rings. The first kappa shape index (κ1) is 17.6. The van der Waals surface area contributed by atoms with Gasteiger partial charge in [-0.05, 0) is 18.8 Å². The molecule has 0 aromatic carbocycles. The van der Waals surface area contributed by atoms with Gasteiger partial charge in [-0.2, -0.15) is 0 Å². The van der Waals surface area contributed by atoms with Crippen LogP contribution in [0.15, 0.2) is 6.20 Å². The Hall–Kier alpha value is -1.42. The monoisotopic (exact) mass is 461 g/mol. The maximum absolute atomic E-state index is 12.2. The van der Waals surface area contributed by atoms with Crippen LogP contribution in [0.4, 0.5) is 4.79 Å². The van der Waals surface area contributed by atoms with E-state index >= 15 is 0 Å². The molecule has 1 heterocycles. The summed E-state index contributed by atoms with van der Waals surface area (Å²) in [5.74, 6) is -1.16. The van der Waals surface area contributed by atoms with Crippen molar-refractivity contribution in [1.29, 1.82) is 0 Å². The molecule has 1 aromatic heterocycles. The summed E-state index contributed by atoms with van der Waals surface area (Å²) in [5.41, 5.74) is 7.62. The van der Waals surface area contributed by atoms with Crippen LogP contribution < -0.4 is 0 Å². The molecule has 1 aliphatic carbocycles. The minimum atomic E-state index is -0.961. The summed E-state index contributed by atoms with van der Waals surface area (Å²) < 4.78 is 6.12. The molecular weight excluding hydrogens is 444 g/mol. The van der Waals surface area contributed by atoms with Crippen molar-refractivity contribution in [3.05, 3.63) is 28.8 Å². The molecule has 0 aliphatic heterocycles. The molecule has 114 valence electrons. The molecule has 6 nitrogen and oxygen atoms in total. The largest absolute Gasteiger partial charge is 0.663 e. The number of hydrogen-bond donors (Lipinski definition) is 0. The Kier molecular flexibility index (Phi) is 5.15. The van der Waals surface area contributed by atoms with Crippen molar-refractivity contribution < 1.29 is 40.2 Å². The quantitative estimate of drug-likeness (QED) is 0.678. The molecule has 1 amide bonds. The third kappa shape index (κ3) is 3.26. The molecule has 0 spiro atoms. The van der Waals surface area contributed by atoms with E-state index in [-0.39, 0.29) is 50.0 Å². The van der Waals surface area contributed by atoms with Crippen molar-refractivity contribution in [3.63, 3.8) is 0 Å². The Labute approximate surface area is 137 Å². The van der Waals surface area contributed by atoms with E-state index in [4.69, 9.17) is 10.5 Å². The normalized spacial score (nSPS) is 15.9. The zero-order chi connectivity index (χ0) is 15.1. The summed E-state index contributed by atoms with van der Waals surface area (Å²) >= 11 is 0. The Morgan fingerprint density at radius 2 is 2.00 bits per heavy atom. The maximum Gasteiger partial charge on any atom is 0.418 e. The van der Waals surface area contributed by atoms with Gasteiger partial charge in [-0.3, -0.25) is 9.36 Å². The van der Waals surface area contributed by atoms with Crippen LogP contribution in [0.1, 0.15) is 53.6 Å². The van der Waals surface area contributed by atoms with Crippen LogP contribution in [0, 0.1) is 5.41 Å². The van der Waals surface area contributed by atoms with E-state index in [1.54, 1.807) is 6.92 Å². The van der Waals surface area contributed by atoms with Gasteiger partial charge in [-0.1, -0.05) is 13.8 Å². The van der Waals surface area contributed by atoms with Gasteiger partial charge in [0.1, 0.15) is 0 Å². The molecule has 1 N–H and O–H groups in total. The van der Waals surface area contributed by atoms with Crippen LogP contribution in [-0.4, -0.2) is 29.0 Å². The smallest absolute Gasteiger partial charge is 0.418 e. The summed E-state index contributed by atoms with van der Waals surface area (Å²) in [6.07, 6.45) is 1.41. The van der Waals surface area contributed by atoms with E-state index in [0.717, 1.165) is 0 Å². The Balaban J connectivity index is 0.00000220. The van der Waals surface area contributed by atoms with Gasteiger partial charge in [0, 0.05) is 50.5 Å². The second kappa shape index (κ2) is 6.14. The fourth-order valence-electron chi connectivity index (χ4n) is 2.60. The number of aromatic nitrogens is 1. The van der Waals surface area contributed by atoms with Gasteiger partial charge in [0.15, 0.2) is 5.78 Å². The standard InChI is InChI=1S/C14H18N2O4.W/c1-4-20-13(19)16-7-8(12(15)18)11-9(16)5-14(2,3)6-10(11)17;/h7H,4-6H2,1-3H3,(H2,15,18);/p-1. The van der Waals surface area contributed by atoms with E-state index < -0.39 is 12.0 Å². The van der Waals surface area contributed by atoms with Crippen molar-refractivity contribution >= 4 is 17.8 Å². The molecule has 7 heteroatoms. The fraction of sp³-hybridized carbons (Fsp3) is 0.500. The molecule has 0 radical (unpaired) electrons. The predicted molar refractivity (Wildman–Crippen MR) is 71.9 cm³/mol. The number of ketones is 1. The Morgan fingerprint density at radius 3 is 2.52 bits per heavy atom. The molecular formula is C14H17N2O4W-. The first-order chi connectivity index (χ1) is 9.26. The van der Waals surface area contributed by atoms with Crippen molar-refractivity contribution in [2.45, 2.75) is 33.6 Å². The van der Waals surface area contributed by atoms with E-state index in [1.165, 1.54) is 10.8 Å². The average molecular weight is 461 g/mol. The van der Waals surface area contributed by atoms with E-state index in [2.05, 4.69) is 0 Å². The molecule has 0 unspecified atom stereocenters. The number of nitrogens with zero attached hydrogens (tertiary/aromatic N) is 1. The van der Waals surface area contributed by atoms with Gasteiger partial charge < -0.3 is 15.3 Å². The number of carbonyl (C=O) groups excluding carboxylic acids is 3. The number of amides is 1. The number of carbonyl (C=O) groups is 3. The number of fused-ring (bicyclic) bond motifs is 1. The van der Waals surface area contributed by atoms with Crippen molar-refractivity contribution in [1.82, 2.24) is 4.57 Å². The average Bonchev–Trinajstić information content (AvgIpc) is 2.67. The predicted octanol–water partition coefficient (Wildman–Crippen LogP) is 2.84. The zero-order valence-corrected chi connectivity index (χ0v) is 15.1. The van der Waals surface area contributed by atoms with Crippen molar-refractivity contribution in [2.24, 2.45) is 5.41 Å². The summed E-state index contributed by atoms with van der Waals surface area (Å²) in [4.78, 5) is 35.5. The Morgan fingerprint density at radius 1 is 1.38 bits per heavy atom.